The van der Waals surface area contributed by atoms with Crippen LogP contribution in [0.25, 0.3) is 11.5 Å². The fraction of sp³-hybridized carbons (Fsp3) is 0.382. The van der Waals surface area contributed by atoms with E-state index in [2.05, 4.69) is 32.4 Å². The van der Waals surface area contributed by atoms with Gasteiger partial charge in [0.25, 0.3) is 5.91 Å². The third-order valence-corrected chi connectivity index (χ3v) is 9.47. The van der Waals surface area contributed by atoms with Crippen LogP contribution in [-0.2, 0) is 16.0 Å². The summed E-state index contributed by atoms with van der Waals surface area (Å²) in [6.07, 6.45) is 3.89. The molecule has 0 radical (unpaired) electrons. The SMILES string of the molecule is COc1cccc(NC2C(=O)N(c3ccc(C4CNNC4)cn3)CC23CCN(C(=O)CCc2nnc(-c4ccccc4)o2)CC3)c1. The molecule has 0 saturated carbocycles. The molecule has 46 heavy (non-hydrogen) atoms. The average Bonchev–Trinajstić information content (AvgIpc) is 3.87. The van der Waals surface area contributed by atoms with Crippen molar-refractivity contribution < 1.29 is 18.7 Å². The number of hydrogen-bond donors (Lipinski definition) is 3. The van der Waals surface area contributed by atoms with Crippen LogP contribution < -0.4 is 25.8 Å². The monoisotopic (exact) mass is 622 g/mol. The number of aromatic nitrogens is 3. The number of anilines is 2. The summed E-state index contributed by atoms with van der Waals surface area (Å²) in [4.78, 5) is 35.9. The first kappa shape index (κ1) is 29.9. The topological polar surface area (TPSA) is 138 Å². The third-order valence-electron chi connectivity index (χ3n) is 9.47. The normalized spacial score (nSPS) is 19.6. The van der Waals surface area contributed by atoms with E-state index in [-0.39, 0.29) is 23.7 Å². The van der Waals surface area contributed by atoms with Gasteiger partial charge in [-0.1, -0.05) is 30.3 Å². The number of aryl methyl sites for hydroxylation is 1. The fourth-order valence-electron chi connectivity index (χ4n) is 6.76. The van der Waals surface area contributed by atoms with Crippen LogP contribution in [0.4, 0.5) is 11.5 Å². The number of nitrogens with one attached hydrogen (secondary N) is 3. The van der Waals surface area contributed by atoms with Crippen LogP contribution in [0.1, 0.15) is 36.6 Å². The van der Waals surface area contributed by atoms with Crippen LogP contribution >= 0.6 is 0 Å². The highest BCUT2D eigenvalue weighted by Crippen LogP contribution is 2.44. The number of piperidine rings is 1. The molecule has 3 aliphatic rings. The Balaban J connectivity index is 1.04. The van der Waals surface area contributed by atoms with E-state index < -0.39 is 6.04 Å². The van der Waals surface area contributed by atoms with Gasteiger partial charge in [0.15, 0.2) is 0 Å². The minimum absolute atomic E-state index is 0.0161. The molecule has 2 aromatic heterocycles. The maximum Gasteiger partial charge on any atom is 0.251 e. The number of nitrogens with zero attached hydrogens (tertiary/aromatic N) is 5. The molecule has 0 bridgehead atoms. The second-order valence-electron chi connectivity index (χ2n) is 12.3. The summed E-state index contributed by atoms with van der Waals surface area (Å²) in [6, 6.07) is 20.8. The molecule has 12 nitrogen and oxygen atoms in total. The molecule has 4 aromatic rings. The lowest BCUT2D eigenvalue weighted by Crippen LogP contribution is -2.50. The minimum Gasteiger partial charge on any atom is -0.497 e. The molecule has 0 aliphatic carbocycles. The van der Waals surface area contributed by atoms with E-state index in [0.717, 1.165) is 29.9 Å². The Labute approximate surface area is 267 Å². The summed E-state index contributed by atoms with van der Waals surface area (Å²) in [7, 11) is 1.63. The van der Waals surface area contributed by atoms with Gasteiger partial charge in [0, 0.05) is 80.4 Å². The second-order valence-corrected chi connectivity index (χ2v) is 12.3. The Morgan fingerprint density at radius 1 is 1.04 bits per heavy atom. The Hall–Kier alpha value is -4.81. The summed E-state index contributed by atoms with van der Waals surface area (Å²) >= 11 is 0. The first-order valence-electron chi connectivity index (χ1n) is 15.8. The van der Waals surface area contributed by atoms with Crippen molar-refractivity contribution in [2.45, 2.75) is 37.6 Å². The van der Waals surface area contributed by atoms with Gasteiger partial charge in [-0.2, -0.15) is 0 Å². The largest absolute Gasteiger partial charge is 0.497 e. The van der Waals surface area contributed by atoms with Crippen LogP contribution in [0.2, 0.25) is 0 Å². The molecule has 1 atom stereocenters. The van der Waals surface area contributed by atoms with E-state index >= 15 is 0 Å². The van der Waals surface area contributed by atoms with Gasteiger partial charge < -0.3 is 19.4 Å². The van der Waals surface area contributed by atoms with Crippen molar-refractivity contribution in [3.8, 4) is 17.2 Å². The zero-order chi connectivity index (χ0) is 31.5. The Kier molecular flexibility index (Phi) is 8.37. The molecule has 1 unspecified atom stereocenters. The zero-order valence-corrected chi connectivity index (χ0v) is 25.8. The molecular weight excluding hydrogens is 584 g/mol. The van der Waals surface area contributed by atoms with Crippen molar-refractivity contribution in [3.63, 3.8) is 0 Å². The summed E-state index contributed by atoms with van der Waals surface area (Å²) < 4.78 is 11.2. The zero-order valence-electron chi connectivity index (χ0n) is 25.8. The molecule has 12 heteroatoms. The minimum atomic E-state index is -0.476. The lowest BCUT2D eigenvalue weighted by Gasteiger charge is -2.42. The maximum absolute atomic E-state index is 14.1. The van der Waals surface area contributed by atoms with Gasteiger partial charge in [-0.15, -0.1) is 10.2 Å². The molecule has 1 spiro atoms. The van der Waals surface area contributed by atoms with Gasteiger partial charge in [-0.25, -0.2) is 4.98 Å². The lowest BCUT2D eigenvalue weighted by molar-refractivity contribution is -0.133. The Morgan fingerprint density at radius 2 is 1.85 bits per heavy atom. The number of rotatable bonds is 9. The molecule has 5 heterocycles. The average molecular weight is 623 g/mol. The van der Waals surface area contributed by atoms with Gasteiger partial charge >= 0.3 is 0 Å². The molecule has 2 aromatic carbocycles. The summed E-state index contributed by atoms with van der Waals surface area (Å²) in [6.45, 7) is 3.34. The Morgan fingerprint density at radius 3 is 2.59 bits per heavy atom. The van der Waals surface area contributed by atoms with Crippen molar-refractivity contribution in [2.24, 2.45) is 5.41 Å². The molecule has 238 valence electrons. The molecule has 3 aliphatic heterocycles. The van der Waals surface area contributed by atoms with E-state index in [9.17, 15) is 9.59 Å². The number of benzene rings is 2. The van der Waals surface area contributed by atoms with Crippen molar-refractivity contribution >= 4 is 23.3 Å². The molecule has 7 rings (SSSR count). The highest BCUT2D eigenvalue weighted by molar-refractivity contribution is 6.01. The van der Waals surface area contributed by atoms with E-state index in [0.29, 0.717) is 68.2 Å². The number of carbonyl (C=O) groups excluding carboxylic acids is 2. The number of methoxy groups -OCH3 is 1. The van der Waals surface area contributed by atoms with Crippen LogP contribution in [0.3, 0.4) is 0 Å². The number of hydrogen-bond acceptors (Lipinski definition) is 10. The van der Waals surface area contributed by atoms with Crippen LogP contribution in [0.5, 0.6) is 5.75 Å². The van der Waals surface area contributed by atoms with Crippen molar-refractivity contribution in [1.29, 1.82) is 0 Å². The van der Waals surface area contributed by atoms with Crippen molar-refractivity contribution in [2.75, 3.05) is 50.1 Å². The van der Waals surface area contributed by atoms with E-state index in [1.807, 2.05) is 76.7 Å². The fourth-order valence-corrected chi connectivity index (χ4v) is 6.76. The summed E-state index contributed by atoms with van der Waals surface area (Å²) in [5.74, 6) is 2.63. The molecule has 3 saturated heterocycles. The van der Waals surface area contributed by atoms with Crippen LogP contribution in [-0.4, -0.2) is 77.8 Å². The third kappa shape index (κ3) is 6.05. The first-order valence-corrected chi connectivity index (χ1v) is 15.8. The van der Waals surface area contributed by atoms with Crippen LogP contribution in [0, 0.1) is 5.41 Å². The number of amides is 2. The van der Waals surface area contributed by atoms with E-state index in [4.69, 9.17) is 14.1 Å². The highest BCUT2D eigenvalue weighted by Gasteiger charge is 2.54. The molecule has 3 fully saturated rings. The predicted molar refractivity (Wildman–Crippen MR) is 172 cm³/mol. The van der Waals surface area contributed by atoms with Gasteiger partial charge in [0.2, 0.25) is 17.7 Å². The van der Waals surface area contributed by atoms with Crippen molar-refractivity contribution in [3.05, 3.63) is 84.4 Å². The quantitative estimate of drug-likeness (QED) is 0.255. The van der Waals surface area contributed by atoms with Gasteiger partial charge in [-0.3, -0.25) is 25.3 Å². The van der Waals surface area contributed by atoms with Gasteiger partial charge in [0.1, 0.15) is 17.6 Å². The first-order chi connectivity index (χ1) is 22.5. The second kappa shape index (κ2) is 12.9. The van der Waals surface area contributed by atoms with E-state index in [1.165, 1.54) is 0 Å². The summed E-state index contributed by atoms with van der Waals surface area (Å²) in [5.41, 5.74) is 8.74. The maximum atomic E-state index is 14.1. The van der Waals surface area contributed by atoms with E-state index in [1.54, 1.807) is 7.11 Å². The number of carbonyl (C=O) groups is 2. The number of likely N-dealkylation sites (tertiary alicyclic amines) is 1. The number of pyridine rings is 1. The number of hydrazine groups is 1. The lowest BCUT2D eigenvalue weighted by atomic mass is 9.74. The molecular formula is C34H38N8O4. The van der Waals surface area contributed by atoms with Crippen LogP contribution in [0.15, 0.2) is 77.3 Å². The highest BCUT2D eigenvalue weighted by atomic mass is 16.5. The molecule has 2 amide bonds. The summed E-state index contributed by atoms with van der Waals surface area (Å²) in [5, 5.41) is 11.8. The standard InChI is InChI=1S/C34H38N8O4/c1-45-27-9-5-8-26(18-27)38-31-33(44)42(28-11-10-24(19-35-28)25-20-36-37-21-25)22-34(31)14-16-41(17-15-34)30(43)13-12-29-39-40-32(46-29)23-6-3-2-4-7-23/h2-11,18-19,25,31,36-38H,12-17,20-22H2,1H3. The predicted octanol–water partition coefficient (Wildman–Crippen LogP) is 3.40. The van der Waals surface area contributed by atoms with Crippen molar-refractivity contribution in [1.82, 2.24) is 30.9 Å². The smallest absolute Gasteiger partial charge is 0.251 e. The van der Waals surface area contributed by atoms with Gasteiger partial charge in [-0.05, 0) is 48.7 Å². The Bertz CT molecular complexity index is 1660. The number of ether oxygens (including phenoxy) is 1. The molecule has 3 N–H and O–H groups in total. The van der Waals surface area contributed by atoms with Gasteiger partial charge in [0.05, 0.1) is 7.11 Å².